The van der Waals surface area contributed by atoms with Crippen LogP contribution < -0.4 is 10.2 Å². The van der Waals surface area contributed by atoms with Crippen LogP contribution >= 0.6 is 0 Å². The number of rotatable bonds is 10. The number of likely N-dealkylation sites (tertiary alicyclic amines) is 1. The summed E-state index contributed by atoms with van der Waals surface area (Å²) in [5, 5.41) is 3.62. The van der Waals surface area contributed by atoms with E-state index in [1.165, 1.54) is 12.0 Å². The van der Waals surface area contributed by atoms with Gasteiger partial charge in [0.2, 0.25) is 0 Å². The van der Waals surface area contributed by atoms with Crippen molar-refractivity contribution in [2.24, 2.45) is 16.8 Å². The molecule has 0 spiro atoms. The number of nitrogens with zero attached hydrogens (tertiary/aromatic N) is 3. The number of ether oxygens (including phenoxy) is 1. The molecule has 1 unspecified atom stereocenters. The van der Waals surface area contributed by atoms with Gasteiger partial charge in [0.1, 0.15) is 17.3 Å². The van der Waals surface area contributed by atoms with Crippen LogP contribution in [0.1, 0.15) is 55.5 Å². The highest BCUT2D eigenvalue weighted by molar-refractivity contribution is 6.10. The van der Waals surface area contributed by atoms with E-state index in [4.69, 9.17) is 9.15 Å². The number of furan rings is 1. The SMILES string of the molecule is CCc1c(N(CC2CC2)C2CCN(CC(F)(F)F)CC2)cc2occc2c1C(=O)NCC1C(=O)N=C(C)C=C1OC. The number of benzene rings is 1. The number of allylic oxidation sites excluding steroid dienone is 1. The van der Waals surface area contributed by atoms with Crippen molar-refractivity contribution in [3.8, 4) is 0 Å². The number of halogens is 3. The van der Waals surface area contributed by atoms with Gasteiger partial charge < -0.3 is 19.4 Å². The van der Waals surface area contributed by atoms with Crippen molar-refractivity contribution in [1.82, 2.24) is 10.2 Å². The molecular formula is C30H37F3N4O4. The third kappa shape index (κ3) is 6.60. The monoisotopic (exact) mass is 574 g/mol. The summed E-state index contributed by atoms with van der Waals surface area (Å²) in [6.07, 6.45) is 3.07. The van der Waals surface area contributed by atoms with Crippen LogP contribution in [-0.4, -0.2) is 74.5 Å². The van der Waals surface area contributed by atoms with Crippen molar-refractivity contribution in [1.29, 1.82) is 0 Å². The lowest BCUT2D eigenvalue weighted by molar-refractivity contribution is -0.147. The van der Waals surface area contributed by atoms with Crippen molar-refractivity contribution in [2.45, 2.75) is 58.2 Å². The molecule has 222 valence electrons. The number of aliphatic imine (C=N–C) groups is 1. The van der Waals surface area contributed by atoms with Gasteiger partial charge in [0.25, 0.3) is 11.8 Å². The molecule has 3 aliphatic rings. The van der Waals surface area contributed by atoms with Gasteiger partial charge in [0, 0.05) is 55.1 Å². The van der Waals surface area contributed by atoms with Gasteiger partial charge in [-0.25, -0.2) is 4.99 Å². The van der Waals surface area contributed by atoms with E-state index in [0.717, 1.165) is 30.6 Å². The summed E-state index contributed by atoms with van der Waals surface area (Å²) in [6, 6.07) is 3.81. The zero-order chi connectivity index (χ0) is 29.3. The molecule has 1 aromatic heterocycles. The van der Waals surface area contributed by atoms with Crippen LogP contribution in [0.5, 0.6) is 0 Å². The summed E-state index contributed by atoms with van der Waals surface area (Å²) in [7, 11) is 1.49. The number of dihydropyridines is 1. The zero-order valence-corrected chi connectivity index (χ0v) is 23.7. The molecule has 1 N–H and O–H groups in total. The van der Waals surface area contributed by atoms with Gasteiger partial charge in [0.15, 0.2) is 0 Å². The Bertz CT molecular complexity index is 1350. The van der Waals surface area contributed by atoms with Crippen LogP contribution in [0.25, 0.3) is 11.0 Å². The first-order valence-corrected chi connectivity index (χ1v) is 14.3. The minimum absolute atomic E-state index is 0.0320. The molecule has 3 heterocycles. The number of fused-ring (bicyclic) bond motifs is 1. The molecule has 5 rings (SSSR count). The number of piperidine rings is 1. The van der Waals surface area contributed by atoms with Crippen molar-refractivity contribution in [3.63, 3.8) is 0 Å². The zero-order valence-electron chi connectivity index (χ0n) is 23.7. The smallest absolute Gasteiger partial charge is 0.401 e. The van der Waals surface area contributed by atoms with Crippen molar-refractivity contribution in [2.75, 3.05) is 44.7 Å². The van der Waals surface area contributed by atoms with Gasteiger partial charge in [-0.3, -0.25) is 14.5 Å². The summed E-state index contributed by atoms with van der Waals surface area (Å²) in [5.41, 5.74) is 3.38. The Morgan fingerprint density at radius 3 is 2.61 bits per heavy atom. The summed E-state index contributed by atoms with van der Waals surface area (Å²) < 4.78 is 50.2. The number of nitrogens with one attached hydrogen (secondary N) is 1. The molecule has 1 aromatic carbocycles. The molecule has 2 fully saturated rings. The van der Waals surface area contributed by atoms with Crippen LogP contribution in [0.15, 0.2) is 39.6 Å². The van der Waals surface area contributed by atoms with E-state index in [9.17, 15) is 22.8 Å². The predicted molar refractivity (Wildman–Crippen MR) is 150 cm³/mol. The third-order valence-corrected chi connectivity index (χ3v) is 8.27. The van der Waals surface area contributed by atoms with Gasteiger partial charge in [-0.2, -0.15) is 13.2 Å². The molecule has 1 aliphatic carbocycles. The number of hydrogen-bond acceptors (Lipinski definition) is 6. The summed E-state index contributed by atoms with van der Waals surface area (Å²) in [5.74, 6) is -0.427. The fourth-order valence-electron chi connectivity index (χ4n) is 6.06. The third-order valence-electron chi connectivity index (χ3n) is 8.27. The second kappa shape index (κ2) is 11.9. The predicted octanol–water partition coefficient (Wildman–Crippen LogP) is 5.12. The average Bonchev–Trinajstić information content (AvgIpc) is 3.63. The van der Waals surface area contributed by atoms with Crippen LogP contribution in [0.4, 0.5) is 18.9 Å². The highest BCUT2D eigenvalue weighted by Gasteiger charge is 2.36. The summed E-state index contributed by atoms with van der Waals surface area (Å²) in [4.78, 5) is 34.2. The molecule has 2 aromatic rings. The van der Waals surface area contributed by atoms with E-state index < -0.39 is 18.6 Å². The summed E-state index contributed by atoms with van der Waals surface area (Å²) >= 11 is 0. The molecule has 8 nitrogen and oxygen atoms in total. The Morgan fingerprint density at radius 2 is 1.98 bits per heavy atom. The maximum Gasteiger partial charge on any atom is 0.401 e. The second-order valence-electron chi connectivity index (χ2n) is 11.3. The van der Waals surface area contributed by atoms with Crippen LogP contribution in [0, 0.1) is 11.8 Å². The maximum absolute atomic E-state index is 13.8. The lowest BCUT2D eigenvalue weighted by Gasteiger charge is -2.41. The van der Waals surface area contributed by atoms with Gasteiger partial charge in [-0.1, -0.05) is 6.92 Å². The van der Waals surface area contributed by atoms with Crippen molar-refractivity contribution < 1.29 is 31.9 Å². The number of amides is 2. The Labute approximate surface area is 237 Å². The fraction of sp³-hybridized carbons (Fsp3) is 0.567. The highest BCUT2D eigenvalue weighted by Crippen LogP contribution is 2.39. The van der Waals surface area contributed by atoms with Crippen LogP contribution in [-0.2, 0) is 16.0 Å². The van der Waals surface area contributed by atoms with E-state index >= 15 is 0 Å². The lowest BCUT2D eigenvalue weighted by atomic mass is 9.94. The molecule has 2 amide bonds. The topological polar surface area (TPSA) is 87.4 Å². The van der Waals surface area contributed by atoms with Gasteiger partial charge in [-0.05, 0) is 62.7 Å². The first kappa shape index (κ1) is 29.2. The quantitative estimate of drug-likeness (QED) is 0.424. The number of carbonyl (C=O) groups excluding carboxylic acids is 2. The Hall–Kier alpha value is -3.34. The molecule has 1 saturated carbocycles. The average molecular weight is 575 g/mol. The fourth-order valence-corrected chi connectivity index (χ4v) is 6.06. The number of methoxy groups -OCH3 is 1. The number of hydrogen-bond donors (Lipinski definition) is 1. The normalized spacial score (nSPS) is 20.6. The molecule has 1 atom stereocenters. The molecular weight excluding hydrogens is 537 g/mol. The standard InChI is InChI=1S/C30H37F3N4O4/c1-4-21-24(37(16-19-5-6-19)20-7-10-36(11-8-20)17-30(31,32)33)14-26-22(9-12-41-26)27(21)29(39)34-15-23-25(40-3)13-18(2)35-28(23)38/h9,12-14,19-20,23H,4-8,10-11,15-17H2,1-3H3,(H,34,39). The lowest BCUT2D eigenvalue weighted by Crippen LogP contribution is -2.48. The number of alkyl halides is 3. The maximum atomic E-state index is 13.8. The molecule has 0 bridgehead atoms. The largest absolute Gasteiger partial charge is 0.500 e. The number of anilines is 1. The first-order chi connectivity index (χ1) is 19.6. The summed E-state index contributed by atoms with van der Waals surface area (Å²) in [6.45, 7) is 4.39. The van der Waals surface area contributed by atoms with E-state index in [-0.39, 0.29) is 24.4 Å². The molecule has 41 heavy (non-hydrogen) atoms. The Kier molecular flexibility index (Phi) is 8.45. The highest BCUT2D eigenvalue weighted by atomic mass is 19.4. The van der Waals surface area contributed by atoms with Crippen molar-refractivity contribution >= 4 is 34.2 Å². The van der Waals surface area contributed by atoms with Crippen LogP contribution in [0.2, 0.25) is 0 Å². The van der Waals surface area contributed by atoms with E-state index in [0.29, 0.717) is 66.3 Å². The van der Waals surface area contributed by atoms with E-state index in [1.54, 1.807) is 25.3 Å². The minimum atomic E-state index is -4.21. The van der Waals surface area contributed by atoms with Crippen molar-refractivity contribution in [3.05, 3.63) is 41.4 Å². The molecule has 0 radical (unpaired) electrons. The van der Waals surface area contributed by atoms with Gasteiger partial charge >= 0.3 is 6.18 Å². The second-order valence-corrected chi connectivity index (χ2v) is 11.3. The first-order valence-electron chi connectivity index (χ1n) is 14.3. The number of carbonyl (C=O) groups is 2. The van der Waals surface area contributed by atoms with E-state index in [2.05, 4.69) is 15.2 Å². The minimum Gasteiger partial charge on any atom is -0.500 e. The molecule has 2 aliphatic heterocycles. The molecule has 11 heteroatoms. The Balaban J connectivity index is 1.43. The Morgan fingerprint density at radius 1 is 1.24 bits per heavy atom. The van der Waals surface area contributed by atoms with Gasteiger partial charge in [0.05, 0.1) is 25.5 Å². The molecule has 1 saturated heterocycles. The van der Waals surface area contributed by atoms with E-state index in [1.807, 2.05) is 13.0 Å². The van der Waals surface area contributed by atoms with Gasteiger partial charge in [-0.15, -0.1) is 0 Å². The van der Waals surface area contributed by atoms with Crippen LogP contribution in [0.3, 0.4) is 0 Å².